The Bertz CT molecular complexity index is 474. The number of ether oxygens (including phenoxy) is 1. The minimum atomic E-state index is -0.575. The van der Waals surface area contributed by atoms with Crippen LogP contribution in [0.3, 0.4) is 0 Å². The molecule has 21 heavy (non-hydrogen) atoms. The molecule has 7 heteroatoms. The second kappa shape index (κ2) is 5.51. The van der Waals surface area contributed by atoms with Gasteiger partial charge in [-0.3, -0.25) is 14.4 Å². The van der Waals surface area contributed by atoms with E-state index in [0.29, 0.717) is 12.2 Å². The Balaban J connectivity index is 1.90. The van der Waals surface area contributed by atoms with E-state index in [-0.39, 0.29) is 23.2 Å². The van der Waals surface area contributed by atoms with Crippen LogP contribution in [0.1, 0.15) is 40.5 Å². The molecule has 2 amide bonds. The van der Waals surface area contributed by atoms with Crippen LogP contribution in [-0.4, -0.2) is 51.5 Å². The van der Waals surface area contributed by atoms with E-state index in [1.54, 1.807) is 37.4 Å². The van der Waals surface area contributed by atoms with E-state index in [1.807, 2.05) is 6.92 Å². The Labute approximate surface area is 129 Å². The van der Waals surface area contributed by atoms with Crippen LogP contribution >= 0.6 is 11.8 Å². The van der Waals surface area contributed by atoms with Gasteiger partial charge in [0.2, 0.25) is 11.8 Å². The summed E-state index contributed by atoms with van der Waals surface area (Å²) >= 11 is 1.63. The van der Waals surface area contributed by atoms with Crippen LogP contribution in [0.5, 0.6) is 0 Å². The van der Waals surface area contributed by atoms with Crippen LogP contribution in [-0.2, 0) is 19.1 Å². The number of carbonyl (C=O) groups is 3. The first-order valence-corrected chi connectivity index (χ1v) is 8.07. The SMILES string of the molecule is CC(C)(C)OC(=O)CNC(=O)[C@@H]1CS[C@]2(C)CCC(=O)N12. The molecule has 0 spiro atoms. The zero-order chi connectivity index (χ0) is 15.8. The maximum Gasteiger partial charge on any atom is 0.325 e. The Kier molecular flexibility index (Phi) is 4.24. The highest BCUT2D eigenvalue weighted by Gasteiger charge is 2.52. The lowest BCUT2D eigenvalue weighted by atomic mass is 10.2. The molecule has 0 aromatic heterocycles. The number of hydrogen-bond donors (Lipinski definition) is 1. The molecule has 1 N–H and O–H groups in total. The van der Waals surface area contributed by atoms with Gasteiger partial charge in [-0.2, -0.15) is 0 Å². The number of carbonyl (C=O) groups excluding carboxylic acids is 3. The summed E-state index contributed by atoms with van der Waals surface area (Å²) in [5, 5.41) is 2.58. The predicted molar refractivity (Wildman–Crippen MR) is 79.6 cm³/mol. The second-order valence-corrected chi connectivity index (χ2v) is 8.07. The Morgan fingerprint density at radius 3 is 2.76 bits per heavy atom. The molecule has 0 unspecified atom stereocenters. The normalized spacial score (nSPS) is 28.5. The van der Waals surface area contributed by atoms with Crippen LogP contribution in [0.2, 0.25) is 0 Å². The lowest BCUT2D eigenvalue weighted by Crippen LogP contribution is -2.51. The molecule has 0 aromatic rings. The molecule has 0 aromatic carbocycles. The van der Waals surface area contributed by atoms with E-state index in [1.165, 1.54) is 0 Å². The summed E-state index contributed by atoms with van der Waals surface area (Å²) in [4.78, 5) is 37.2. The van der Waals surface area contributed by atoms with Crippen molar-refractivity contribution in [2.24, 2.45) is 0 Å². The largest absolute Gasteiger partial charge is 0.459 e. The quantitative estimate of drug-likeness (QED) is 0.783. The maximum absolute atomic E-state index is 12.2. The molecule has 2 heterocycles. The first kappa shape index (κ1) is 16.1. The van der Waals surface area contributed by atoms with Gasteiger partial charge < -0.3 is 15.0 Å². The van der Waals surface area contributed by atoms with Crippen molar-refractivity contribution in [1.82, 2.24) is 10.2 Å². The van der Waals surface area contributed by atoms with Crippen molar-refractivity contribution in [3.63, 3.8) is 0 Å². The van der Waals surface area contributed by atoms with Gasteiger partial charge >= 0.3 is 5.97 Å². The van der Waals surface area contributed by atoms with E-state index >= 15 is 0 Å². The van der Waals surface area contributed by atoms with Gasteiger partial charge in [0.05, 0.1) is 4.87 Å². The van der Waals surface area contributed by atoms with E-state index in [0.717, 1.165) is 6.42 Å². The second-order valence-electron chi connectivity index (χ2n) is 6.57. The lowest BCUT2D eigenvalue weighted by molar-refractivity contribution is -0.154. The van der Waals surface area contributed by atoms with Crippen LogP contribution < -0.4 is 5.32 Å². The third-order valence-electron chi connectivity index (χ3n) is 3.57. The highest BCUT2D eigenvalue weighted by molar-refractivity contribution is 8.01. The Hall–Kier alpha value is -1.24. The van der Waals surface area contributed by atoms with Crippen molar-refractivity contribution in [2.75, 3.05) is 12.3 Å². The van der Waals surface area contributed by atoms with Crippen LogP contribution in [0.15, 0.2) is 0 Å². The predicted octanol–water partition coefficient (Wildman–Crippen LogP) is 0.898. The highest BCUT2D eigenvalue weighted by atomic mass is 32.2. The highest BCUT2D eigenvalue weighted by Crippen LogP contribution is 2.47. The summed E-state index contributed by atoms with van der Waals surface area (Å²) in [6.07, 6.45) is 1.26. The summed E-state index contributed by atoms with van der Waals surface area (Å²) in [5.41, 5.74) is -0.575. The van der Waals surface area contributed by atoms with E-state index in [4.69, 9.17) is 4.74 Å². The third kappa shape index (κ3) is 3.51. The third-order valence-corrected chi connectivity index (χ3v) is 5.08. The fourth-order valence-electron chi connectivity index (χ4n) is 2.67. The molecule has 0 aliphatic carbocycles. The summed E-state index contributed by atoms with van der Waals surface area (Å²) < 4.78 is 5.14. The molecule has 0 radical (unpaired) electrons. The topological polar surface area (TPSA) is 75.7 Å². The van der Waals surface area contributed by atoms with Crippen LogP contribution in [0.25, 0.3) is 0 Å². The molecule has 2 atom stereocenters. The summed E-state index contributed by atoms with van der Waals surface area (Å²) in [7, 11) is 0. The molecule has 0 bridgehead atoms. The van der Waals surface area contributed by atoms with Crippen molar-refractivity contribution in [3.05, 3.63) is 0 Å². The maximum atomic E-state index is 12.2. The minimum Gasteiger partial charge on any atom is -0.459 e. The number of rotatable bonds is 3. The summed E-state index contributed by atoms with van der Waals surface area (Å²) in [6.45, 7) is 7.14. The van der Waals surface area contributed by atoms with Gasteiger partial charge in [-0.05, 0) is 34.1 Å². The molecule has 2 rings (SSSR count). The summed E-state index contributed by atoms with van der Waals surface area (Å²) in [5.74, 6) is -0.174. The standard InChI is InChI=1S/C14H22N2O4S/c1-13(2,3)20-11(18)7-15-12(19)9-8-21-14(4)6-5-10(17)16(9)14/h9H,5-8H2,1-4H3,(H,15,19)/t9-,14+/m0/s1. The monoisotopic (exact) mass is 314 g/mol. The molecular weight excluding hydrogens is 292 g/mol. The zero-order valence-electron chi connectivity index (χ0n) is 12.9. The Morgan fingerprint density at radius 1 is 1.48 bits per heavy atom. The molecular formula is C14H22N2O4S. The van der Waals surface area contributed by atoms with E-state index in [9.17, 15) is 14.4 Å². The molecule has 6 nitrogen and oxygen atoms in total. The molecule has 118 valence electrons. The average Bonchev–Trinajstić information content (AvgIpc) is 2.82. The van der Waals surface area contributed by atoms with E-state index < -0.39 is 17.6 Å². The van der Waals surface area contributed by atoms with Crippen molar-refractivity contribution >= 4 is 29.5 Å². The molecule has 2 aliphatic rings. The van der Waals surface area contributed by atoms with Gasteiger partial charge in [-0.1, -0.05) is 0 Å². The number of amides is 2. The number of nitrogens with zero attached hydrogens (tertiary/aromatic N) is 1. The van der Waals surface area contributed by atoms with Crippen molar-refractivity contribution in [2.45, 2.75) is 57.1 Å². The smallest absolute Gasteiger partial charge is 0.325 e. The average molecular weight is 314 g/mol. The lowest BCUT2D eigenvalue weighted by Gasteiger charge is -2.29. The van der Waals surface area contributed by atoms with Gasteiger partial charge in [0.25, 0.3) is 0 Å². The number of nitrogens with one attached hydrogen (secondary N) is 1. The van der Waals surface area contributed by atoms with Gasteiger partial charge in [-0.25, -0.2) is 0 Å². The fraction of sp³-hybridized carbons (Fsp3) is 0.786. The van der Waals surface area contributed by atoms with Gasteiger partial charge in [0.15, 0.2) is 0 Å². The van der Waals surface area contributed by atoms with Gasteiger partial charge in [0, 0.05) is 12.2 Å². The summed E-state index contributed by atoms with van der Waals surface area (Å²) in [6, 6.07) is -0.488. The fourth-order valence-corrected chi connectivity index (χ4v) is 4.10. The molecule has 2 aliphatic heterocycles. The zero-order valence-corrected chi connectivity index (χ0v) is 13.7. The van der Waals surface area contributed by atoms with Crippen LogP contribution in [0, 0.1) is 0 Å². The number of fused-ring (bicyclic) bond motifs is 1. The Morgan fingerprint density at radius 2 is 2.14 bits per heavy atom. The molecule has 2 fully saturated rings. The molecule has 0 saturated carbocycles. The number of thioether (sulfide) groups is 1. The number of esters is 1. The van der Waals surface area contributed by atoms with Crippen molar-refractivity contribution in [3.8, 4) is 0 Å². The van der Waals surface area contributed by atoms with Gasteiger partial charge in [0.1, 0.15) is 18.2 Å². The minimum absolute atomic E-state index is 0.0138. The van der Waals surface area contributed by atoms with Crippen LogP contribution in [0.4, 0.5) is 0 Å². The van der Waals surface area contributed by atoms with Crippen molar-refractivity contribution in [1.29, 1.82) is 0 Å². The first-order valence-electron chi connectivity index (χ1n) is 7.08. The number of hydrogen-bond acceptors (Lipinski definition) is 5. The first-order chi connectivity index (χ1) is 9.62. The van der Waals surface area contributed by atoms with Crippen molar-refractivity contribution < 1.29 is 19.1 Å². The van der Waals surface area contributed by atoms with Gasteiger partial charge in [-0.15, -0.1) is 11.8 Å². The molecule has 2 saturated heterocycles. The van der Waals surface area contributed by atoms with E-state index in [2.05, 4.69) is 5.32 Å².